The zero-order chi connectivity index (χ0) is 19.6. The number of morpholine rings is 1. The zero-order valence-corrected chi connectivity index (χ0v) is 16.5. The number of likely N-dealkylation sites (tertiary alicyclic amines) is 1. The second kappa shape index (κ2) is 8.46. The van der Waals surface area contributed by atoms with Gasteiger partial charge in [0.15, 0.2) is 0 Å². The Balaban J connectivity index is 1.44. The highest BCUT2D eigenvalue weighted by atomic mass is 19.1. The van der Waals surface area contributed by atoms with Crippen LogP contribution in [0.2, 0.25) is 0 Å². The van der Waals surface area contributed by atoms with Gasteiger partial charge in [-0.25, -0.2) is 8.78 Å². The van der Waals surface area contributed by atoms with E-state index in [2.05, 4.69) is 4.90 Å². The largest absolute Gasteiger partial charge is 0.379 e. The second-order valence-corrected chi connectivity index (χ2v) is 8.58. The molecule has 2 heterocycles. The number of hydrogen-bond acceptors (Lipinski definition) is 3. The van der Waals surface area contributed by atoms with E-state index in [1.165, 1.54) is 18.6 Å². The Morgan fingerprint density at radius 1 is 1.04 bits per heavy atom. The van der Waals surface area contributed by atoms with Crippen molar-refractivity contribution < 1.29 is 18.3 Å². The molecule has 2 saturated heterocycles. The van der Waals surface area contributed by atoms with Crippen molar-refractivity contribution in [2.75, 3.05) is 39.4 Å². The molecule has 2 aliphatic heterocycles. The summed E-state index contributed by atoms with van der Waals surface area (Å²) in [5.41, 5.74) is 0.305. The average molecular weight is 392 g/mol. The minimum Gasteiger partial charge on any atom is -0.379 e. The lowest BCUT2D eigenvalue weighted by Crippen LogP contribution is -2.62. The number of ether oxygens (including phenoxy) is 1. The Hall–Kier alpha value is -1.53. The molecule has 1 aliphatic carbocycles. The van der Waals surface area contributed by atoms with E-state index in [9.17, 15) is 13.6 Å². The Morgan fingerprint density at radius 2 is 1.71 bits per heavy atom. The van der Waals surface area contributed by atoms with Crippen molar-refractivity contribution in [2.24, 2.45) is 5.92 Å². The fourth-order valence-corrected chi connectivity index (χ4v) is 5.33. The Labute approximate surface area is 165 Å². The lowest BCUT2D eigenvalue weighted by Gasteiger charge is -2.48. The second-order valence-electron chi connectivity index (χ2n) is 8.58. The van der Waals surface area contributed by atoms with Crippen molar-refractivity contribution in [3.63, 3.8) is 0 Å². The molecule has 1 unspecified atom stereocenters. The molecule has 6 heteroatoms. The molecule has 0 radical (unpaired) electrons. The topological polar surface area (TPSA) is 32.8 Å². The van der Waals surface area contributed by atoms with E-state index in [-0.39, 0.29) is 17.4 Å². The molecule has 4 nitrogen and oxygen atoms in total. The van der Waals surface area contributed by atoms with Crippen LogP contribution in [0.1, 0.15) is 44.1 Å². The van der Waals surface area contributed by atoms with Gasteiger partial charge in [-0.2, -0.15) is 0 Å². The van der Waals surface area contributed by atoms with Gasteiger partial charge in [-0.15, -0.1) is 0 Å². The molecule has 28 heavy (non-hydrogen) atoms. The van der Waals surface area contributed by atoms with Crippen molar-refractivity contribution in [3.05, 3.63) is 35.4 Å². The number of hydrogen-bond donors (Lipinski definition) is 0. The molecule has 0 spiro atoms. The van der Waals surface area contributed by atoms with Gasteiger partial charge in [0.2, 0.25) is 5.91 Å². The molecular formula is C22H30F2N2O2. The van der Waals surface area contributed by atoms with Gasteiger partial charge in [0.25, 0.3) is 0 Å². The van der Waals surface area contributed by atoms with Gasteiger partial charge in [-0.3, -0.25) is 9.69 Å². The molecule has 0 aromatic heterocycles. The van der Waals surface area contributed by atoms with Gasteiger partial charge in [0, 0.05) is 32.2 Å². The predicted octanol–water partition coefficient (Wildman–Crippen LogP) is 3.39. The van der Waals surface area contributed by atoms with Crippen LogP contribution in [0.3, 0.4) is 0 Å². The van der Waals surface area contributed by atoms with Gasteiger partial charge in [-0.1, -0.05) is 19.3 Å². The number of nitrogens with zero attached hydrogens (tertiary/aromatic N) is 2. The average Bonchev–Trinajstić information content (AvgIpc) is 3.16. The van der Waals surface area contributed by atoms with Gasteiger partial charge < -0.3 is 9.64 Å². The van der Waals surface area contributed by atoms with Crippen LogP contribution in [0.4, 0.5) is 8.78 Å². The summed E-state index contributed by atoms with van der Waals surface area (Å²) in [6.45, 7) is 4.47. The summed E-state index contributed by atoms with van der Waals surface area (Å²) in [7, 11) is 0. The van der Waals surface area contributed by atoms with Crippen LogP contribution in [0.15, 0.2) is 18.2 Å². The van der Waals surface area contributed by atoms with E-state index in [0.29, 0.717) is 31.7 Å². The summed E-state index contributed by atoms with van der Waals surface area (Å²) in [4.78, 5) is 18.0. The molecule has 1 atom stereocenters. The molecule has 3 aliphatic rings. The molecule has 0 N–H and O–H groups in total. The smallest absolute Gasteiger partial charge is 0.243 e. The summed E-state index contributed by atoms with van der Waals surface area (Å²) in [5, 5.41) is 0. The predicted molar refractivity (Wildman–Crippen MR) is 103 cm³/mol. The van der Waals surface area contributed by atoms with Crippen molar-refractivity contribution in [2.45, 2.75) is 50.5 Å². The first-order valence-electron chi connectivity index (χ1n) is 10.6. The highest BCUT2D eigenvalue weighted by molar-refractivity contribution is 5.87. The normalized spacial score (nSPS) is 25.8. The van der Waals surface area contributed by atoms with E-state index < -0.39 is 11.6 Å². The van der Waals surface area contributed by atoms with Crippen LogP contribution in [-0.2, 0) is 16.0 Å². The summed E-state index contributed by atoms with van der Waals surface area (Å²) in [6.07, 6.45) is 6.77. The third-order valence-corrected chi connectivity index (χ3v) is 6.72. The monoisotopic (exact) mass is 392 g/mol. The highest BCUT2D eigenvalue weighted by Crippen LogP contribution is 2.37. The van der Waals surface area contributed by atoms with Crippen molar-refractivity contribution in [3.8, 4) is 0 Å². The molecule has 3 fully saturated rings. The minimum atomic E-state index is -0.533. The Morgan fingerprint density at radius 3 is 2.39 bits per heavy atom. The number of benzene rings is 1. The van der Waals surface area contributed by atoms with Crippen molar-refractivity contribution in [1.82, 2.24) is 9.80 Å². The van der Waals surface area contributed by atoms with Gasteiger partial charge in [0.1, 0.15) is 17.2 Å². The lowest BCUT2D eigenvalue weighted by atomic mass is 9.78. The van der Waals surface area contributed by atoms with Crippen LogP contribution in [0, 0.1) is 17.6 Å². The van der Waals surface area contributed by atoms with Crippen LogP contribution in [0.25, 0.3) is 0 Å². The van der Waals surface area contributed by atoms with Crippen LogP contribution >= 0.6 is 0 Å². The fourth-order valence-electron chi connectivity index (χ4n) is 5.33. The summed E-state index contributed by atoms with van der Waals surface area (Å²) in [5.74, 6) is -0.540. The van der Waals surface area contributed by atoms with E-state index in [4.69, 9.17) is 4.74 Å². The van der Waals surface area contributed by atoms with Gasteiger partial charge in [-0.05, 0) is 49.3 Å². The molecule has 1 saturated carbocycles. The fraction of sp³-hybridized carbons (Fsp3) is 0.682. The standard InChI is InChI=1S/C22H30F2N2O2/c23-19-13-18(14-20(24)15-19)12-17-4-7-25(16-17)21(27)22(5-2-1-3-6-22)26-8-10-28-11-9-26/h13-15,17H,1-12,16H2. The Bertz CT molecular complexity index is 680. The maximum Gasteiger partial charge on any atom is 0.243 e. The van der Waals surface area contributed by atoms with Crippen molar-refractivity contribution >= 4 is 5.91 Å². The minimum absolute atomic E-state index is 0.260. The van der Waals surface area contributed by atoms with Gasteiger partial charge in [0.05, 0.1) is 13.2 Å². The van der Waals surface area contributed by atoms with E-state index in [0.717, 1.165) is 57.8 Å². The first-order chi connectivity index (χ1) is 13.6. The Kier molecular flexibility index (Phi) is 5.97. The number of amides is 1. The van der Waals surface area contributed by atoms with Crippen molar-refractivity contribution in [1.29, 1.82) is 0 Å². The SMILES string of the molecule is O=C(N1CCC(Cc2cc(F)cc(F)c2)C1)C1(N2CCOCC2)CCCCC1. The molecular weight excluding hydrogens is 362 g/mol. The summed E-state index contributed by atoms with van der Waals surface area (Å²) < 4.78 is 32.5. The molecule has 1 aromatic rings. The van der Waals surface area contributed by atoms with E-state index in [1.807, 2.05) is 4.90 Å². The number of carbonyl (C=O) groups is 1. The third kappa shape index (κ3) is 4.08. The third-order valence-electron chi connectivity index (χ3n) is 6.72. The molecule has 1 aromatic carbocycles. The summed E-state index contributed by atoms with van der Waals surface area (Å²) in [6, 6.07) is 3.72. The van der Waals surface area contributed by atoms with E-state index in [1.54, 1.807) is 0 Å². The van der Waals surface area contributed by atoms with E-state index >= 15 is 0 Å². The number of carbonyl (C=O) groups excluding carboxylic acids is 1. The molecule has 0 bridgehead atoms. The zero-order valence-electron chi connectivity index (χ0n) is 16.5. The van der Waals surface area contributed by atoms with Gasteiger partial charge >= 0.3 is 0 Å². The quantitative estimate of drug-likeness (QED) is 0.788. The maximum absolute atomic E-state index is 13.7. The first kappa shape index (κ1) is 19.8. The molecule has 4 rings (SSSR count). The van der Waals surface area contributed by atoms with Crippen LogP contribution in [-0.4, -0.2) is 60.6 Å². The first-order valence-corrected chi connectivity index (χ1v) is 10.6. The lowest BCUT2D eigenvalue weighted by molar-refractivity contribution is -0.150. The molecule has 1 amide bonds. The number of rotatable bonds is 4. The van der Waals surface area contributed by atoms with Crippen LogP contribution in [0.5, 0.6) is 0 Å². The molecule has 154 valence electrons. The van der Waals surface area contributed by atoms with Crippen LogP contribution < -0.4 is 0 Å². The highest BCUT2D eigenvalue weighted by Gasteiger charge is 2.48. The number of halogens is 2. The maximum atomic E-state index is 13.7. The summed E-state index contributed by atoms with van der Waals surface area (Å²) >= 11 is 0.